The van der Waals surface area contributed by atoms with E-state index in [1.165, 1.54) is 16.7 Å². The molecule has 0 aromatic carbocycles. The van der Waals surface area contributed by atoms with Crippen LogP contribution < -0.4 is 0 Å². The van der Waals surface area contributed by atoms with Crippen molar-refractivity contribution in [3.05, 3.63) is 0 Å². The molecule has 7 heteroatoms. The molecule has 0 spiro atoms. The van der Waals surface area contributed by atoms with Gasteiger partial charge in [-0.15, -0.1) is 11.8 Å². The van der Waals surface area contributed by atoms with E-state index >= 15 is 0 Å². The number of thioether (sulfide) groups is 2. The maximum Gasteiger partial charge on any atom is 0.327 e. The summed E-state index contributed by atoms with van der Waals surface area (Å²) in [6.45, 7) is 0.480. The fraction of sp³-hybridized carbons (Fsp3) is 0.667. The first-order chi connectivity index (χ1) is 7.66. The Hall–Kier alpha value is -0.870. The molecule has 0 aromatic heterocycles. The van der Waals surface area contributed by atoms with Gasteiger partial charge in [-0.1, -0.05) is 0 Å². The number of rotatable bonds is 4. The summed E-state index contributed by atoms with van der Waals surface area (Å²) in [6.07, 6.45) is 0. The van der Waals surface area contributed by atoms with E-state index in [9.17, 15) is 9.59 Å². The Balaban J connectivity index is 2.51. The summed E-state index contributed by atoms with van der Waals surface area (Å²) in [5.74, 6) is 0.523. The molecule has 1 N–H and O–H groups in total. The summed E-state index contributed by atoms with van der Waals surface area (Å²) in [7, 11) is 0. The van der Waals surface area contributed by atoms with Crippen molar-refractivity contribution >= 4 is 35.4 Å². The van der Waals surface area contributed by atoms with Crippen LogP contribution in [0.1, 0.15) is 0 Å². The number of carboxylic acid groups (broad SMARTS) is 1. The summed E-state index contributed by atoms with van der Waals surface area (Å²) in [5.41, 5.74) is 0. The lowest BCUT2D eigenvalue weighted by Gasteiger charge is -2.32. The molecule has 1 saturated heterocycles. The Kier molecular flexibility index (Phi) is 5.49. The predicted molar refractivity (Wildman–Crippen MR) is 63.4 cm³/mol. The number of hydrogen-bond donors (Lipinski definition) is 1. The lowest BCUT2D eigenvalue weighted by molar-refractivity contribution is -0.148. The van der Waals surface area contributed by atoms with E-state index in [0.717, 1.165) is 5.75 Å². The third kappa shape index (κ3) is 3.61. The molecule has 1 amide bonds. The van der Waals surface area contributed by atoms with Crippen molar-refractivity contribution in [2.75, 3.05) is 29.6 Å². The molecule has 0 aromatic rings. The maximum atomic E-state index is 11.7. The number of aliphatic carboxylic acids is 1. The highest BCUT2D eigenvalue weighted by Gasteiger charge is 2.31. The van der Waals surface area contributed by atoms with Crippen LogP contribution in [0.4, 0.5) is 0 Å². The molecule has 1 unspecified atom stereocenters. The van der Waals surface area contributed by atoms with Gasteiger partial charge in [-0.3, -0.25) is 4.79 Å². The number of carbonyl (C=O) groups is 2. The van der Waals surface area contributed by atoms with Crippen LogP contribution in [0.15, 0.2) is 0 Å². The lowest BCUT2D eigenvalue weighted by Crippen LogP contribution is -2.50. The second-order valence-corrected chi connectivity index (χ2v) is 5.30. The Morgan fingerprint density at radius 1 is 1.62 bits per heavy atom. The first kappa shape index (κ1) is 13.2. The van der Waals surface area contributed by atoms with Gasteiger partial charge in [0.05, 0.1) is 17.6 Å². The second-order valence-electron chi connectivity index (χ2n) is 3.17. The smallest absolute Gasteiger partial charge is 0.327 e. The number of carbonyl (C=O) groups excluding carboxylic acids is 1. The summed E-state index contributed by atoms with van der Waals surface area (Å²) in [6, 6.07) is 1.22. The average Bonchev–Trinajstić information content (AvgIpc) is 2.29. The number of nitrogens with zero attached hydrogens (tertiary/aromatic N) is 2. The van der Waals surface area contributed by atoms with Crippen molar-refractivity contribution < 1.29 is 14.7 Å². The maximum absolute atomic E-state index is 11.7. The molecule has 0 bridgehead atoms. The molecule has 1 heterocycles. The van der Waals surface area contributed by atoms with Crippen LogP contribution in [0.25, 0.3) is 0 Å². The van der Waals surface area contributed by atoms with Crippen molar-refractivity contribution in [1.29, 1.82) is 5.26 Å². The average molecular weight is 260 g/mol. The highest BCUT2D eigenvalue weighted by Crippen LogP contribution is 2.18. The molecular formula is C9H12N2O3S2. The van der Waals surface area contributed by atoms with E-state index < -0.39 is 12.0 Å². The topological polar surface area (TPSA) is 81.4 Å². The summed E-state index contributed by atoms with van der Waals surface area (Å²) in [5, 5.41) is 17.3. The third-order valence-corrected chi connectivity index (χ3v) is 3.93. The van der Waals surface area contributed by atoms with Crippen LogP contribution in [-0.2, 0) is 9.59 Å². The predicted octanol–water partition coefficient (Wildman–Crippen LogP) is 0.272. The van der Waals surface area contributed by atoms with E-state index in [2.05, 4.69) is 0 Å². The van der Waals surface area contributed by atoms with E-state index in [0.29, 0.717) is 12.3 Å². The molecule has 1 fully saturated rings. The fourth-order valence-electron chi connectivity index (χ4n) is 1.37. The minimum Gasteiger partial charge on any atom is -0.480 e. The summed E-state index contributed by atoms with van der Waals surface area (Å²) in [4.78, 5) is 24.0. The molecule has 5 nitrogen and oxygen atoms in total. The van der Waals surface area contributed by atoms with E-state index in [-0.39, 0.29) is 17.4 Å². The number of nitriles is 1. The van der Waals surface area contributed by atoms with Gasteiger partial charge in [-0.05, 0) is 0 Å². The molecule has 0 saturated carbocycles. The summed E-state index contributed by atoms with van der Waals surface area (Å²) < 4.78 is 0. The van der Waals surface area contributed by atoms with E-state index in [1.54, 1.807) is 11.8 Å². The Labute approximate surface area is 102 Å². The minimum atomic E-state index is -0.953. The molecule has 88 valence electrons. The molecular weight excluding hydrogens is 248 g/mol. The van der Waals surface area contributed by atoms with Gasteiger partial charge in [0, 0.05) is 18.1 Å². The Morgan fingerprint density at radius 2 is 2.38 bits per heavy atom. The number of hydrogen-bond acceptors (Lipinski definition) is 5. The van der Waals surface area contributed by atoms with Crippen LogP contribution in [0.5, 0.6) is 0 Å². The normalized spacial score (nSPS) is 20.2. The van der Waals surface area contributed by atoms with Crippen molar-refractivity contribution in [3.63, 3.8) is 0 Å². The molecule has 1 rings (SSSR count). The zero-order chi connectivity index (χ0) is 12.0. The van der Waals surface area contributed by atoms with Gasteiger partial charge in [-0.25, -0.2) is 4.79 Å². The number of amides is 1. The monoisotopic (exact) mass is 260 g/mol. The standard InChI is InChI=1S/C9H12N2O3S2/c10-1-3-15-6-8(12)11-2-4-16-5-7(11)9(13)14/h7H,2-6H2,(H,13,14). The first-order valence-electron chi connectivity index (χ1n) is 4.71. The molecule has 1 aliphatic heterocycles. The second kappa shape index (κ2) is 6.66. The van der Waals surface area contributed by atoms with Crippen molar-refractivity contribution in [1.82, 2.24) is 4.90 Å². The first-order valence-corrected chi connectivity index (χ1v) is 7.02. The van der Waals surface area contributed by atoms with Crippen LogP contribution >= 0.6 is 23.5 Å². The van der Waals surface area contributed by atoms with Gasteiger partial charge in [0.25, 0.3) is 0 Å². The van der Waals surface area contributed by atoms with Gasteiger partial charge < -0.3 is 10.0 Å². The number of carboxylic acids is 1. The van der Waals surface area contributed by atoms with Crippen LogP contribution in [0, 0.1) is 11.3 Å². The zero-order valence-electron chi connectivity index (χ0n) is 8.59. The van der Waals surface area contributed by atoms with Gasteiger partial charge in [0.2, 0.25) is 5.91 Å². The zero-order valence-corrected chi connectivity index (χ0v) is 10.2. The van der Waals surface area contributed by atoms with E-state index in [1.807, 2.05) is 6.07 Å². The quantitative estimate of drug-likeness (QED) is 0.731. The van der Waals surface area contributed by atoms with E-state index in [4.69, 9.17) is 10.4 Å². The summed E-state index contributed by atoms with van der Waals surface area (Å²) >= 11 is 2.76. The molecule has 1 atom stereocenters. The molecule has 0 radical (unpaired) electrons. The van der Waals surface area contributed by atoms with Crippen LogP contribution in [-0.4, -0.2) is 57.5 Å². The van der Waals surface area contributed by atoms with Gasteiger partial charge in [0.15, 0.2) is 0 Å². The van der Waals surface area contributed by atoms with Gasteiger partial charge in [-0.2, -0.15) is 17.0 Å². The van der Waals surface area contributed by atoms with Gasteiger partial charge >= 0.3 is 5.97 Å². The van der Waals surface area contributed by atoms with Crippen molar-refractivity contribution in [2.45, 2.75) is 6.04 Å². The SMILES string of the molecule is N#CCSCC(=O)N1CCSCC1C(=O)O. The largest absolute Gasteiger partial charge is 0.480 e. The highest BCUT2D eigenvalue weighted by molar-refractivity contribution is 8.00. The highest BCUT2D eigenvalue weighted by atomic mass is 32.2. The van der Waals surface area contributed by atoms with Crippen molar-refractivity contribution in [3.8, 4) is 6.07 Å². The third-order valence-electron chi connectivity index (χ3n) is 2.13. The Morgan fingerprint density at radius 3 is 3.00 bits per heavy atom. The van der Waals surface area contributed by atoms with Gasteiger partial charge in [0.1, 0.15) is 6.04 Å². The fourth-order valence-corrected chi connectivity index (χ4v) is 2.95. The van der Waals surface area contributed by atoms with Crippen molar-refractivity contribution in [2.24, 2.45) is 0 Å². The molecule has 1 aliphatic rings. The lowest BCUT2D eigenvalue weighted by atomic mass is 10.2. The van der Waals surface area contributed by atoms with Crippen LogP contribution in [0.2, 0.25) is 0 Å². The molecule has 0 aliphatic carbocycles. The Bertz CT molecular complexity index is 316. The molecule has 16 heavy (non-hydrogen) atoms. The minimum absolute atomic E-state index is 0.183. The van der Waals surface area contributed by atoms with Crippen LogP contribution in [0.3, 0.4) is 0 Å².